The van der Waals surface area contributed by atoms with E-state index >= 15 is 4.39 Å². The Balaban J connectivity index is 1.17. The van der Waals surface area contributed by atoms with E-state index in [2.05, 4.69) is 39.2 Å². The molecule has 2 atom stereocenters. The molecule has 3 aliphatic heterocycles. The predicted molar refractivity (Wildman–Crippen MR) is 190 cm³/mol. The van der Waals surface area contributed by atoms with Gasteiger partial charge in [-0.3, -0.25) is 14.3 Å². The zero-order chi connectivity index (χ0) is 35.6. The number of carbonyl (C=O) groups is 2. The van der Waals surface area contributed by atoms with E-state index in [0.29, 0.717) is 86.5 Å². The zero-order valence-corrected chi connectivity index (χ0v) is 29.4. The molecule has 2 unspecified atom stereocenters. The number of aryl methyl sites for hydroxylation is 1. The van der Waals surface area contributed by atoms with Crippen LogP contribution in [0.2, 0.25) is 0 Å². The van der Waals surface area contributed by atoms with Crippen molar-refractivity contribution >= 4 is 34.1 Å². The molecular formula is C37H45F2N9O3. The molecule has 2 fully saturated rings. The van der Waals surface area contributed by atoms with E-state index in [1.54, 1.807) is 26.9 Å². The lowest BCUT2D eigenvalue weighted by Gasteiger charge is -2.37. The van der Waals surface area contributed by atoms with Gasteiger partial charge in [0.05, 0.1) is 31.6 Å². The first-order valence-electron chi connectivity index (χ1n) is 17.8. The fourth-order valence-electron chi connectivity index (χ4n) is 7.94. The quantitative estimate of drug-likeness (QED) is 0.270. The van der Waals surface area contributed by atoms with Crippen LogP contribution in [0.3, 0.4) is 0 Å². The highest BCUT2D eigenvalue weighted by Crippen LogP contribution is 2.42. The summed E-state index contributed by atoms with van der Waals surface area (Å²) < 4.78 is 37.5. The van der Waals surface area contributed by atoms with Gasteiger partial charge in [-0.25, -0.2) is 13.8 Å². The van der Waals surface area contributed by atoms with E-state index < -0.39 is 11.6 Å². The molecule has 270 valence electrons. The fourth-order valence-corrected chi connectivity index (χ4v) is 7.94. The average molecular weight is 702 g/mol. The molecule has 0 aliphatic carbocycles. The fraction of sp³-hybridized carbons (Fsp3) is 0.486. The highest BCUT2D eigenvalue weighted by atomic mass is 19.1. The summed E-state index contributed by atoms with van der Waals surface area (Å²) in [5.41, 5.74) is 2.98. The number of nitrogens with zero attached hydrogens (tertiary/aromatic N) is 8. The molecule has 0 radical (unpaired) electrons. The van der Waals surface area contributed by atoms with E-state index in [4.69, 9.17) is 4.74 Å². The molecule has 12 nitrogen and oxygen atoms in total. The van der Waals surface area contributed by atoms with Gasteiger partial charge in [0.15, 0.2) is 17.4 Å². The number of piperazine rings is 1. The van der Waals surface area contributed by atoms with Crippen molar-refractivity contribution in [3.63, 3.8) is 0 Å². The Labute approximate surface area is 296 Å². The van der Waals surface area contributed by atoms with Crippen LogP contribution in [-0.2, 0) is 11.3 Å². The van der Waals surface area contributed by atoms with Crippen molar-refractivity contribution in [2.45, 2.75) is 45.1 Å². The third-order valence-corrected chi connectivity index (χ3v) is 10.7. The number of hydrogen-bond acceptors (Lipinski definition) is 8. The van der Waals surface area contributed by atoms with E-state index in [-0.39, 0.29) is 24.2 Å². The number of fused-ring (bicyclic) bond motifs is 1. The average Bonchev–Trinajstić information content (AvgIpc) is 3.85. The van der Waals surface area contributed by atoms with Gasteiger partial charge >= 0.3 is 0 Å². The van der Waals surface area contributed by atoms with E-state index in [1.807, 2.05) is 23.1 Å². The lowest BCUT2D eigenvalue weighted by atomic mass is 9.77. The van der Waals surface area contributed by atoms with E-state index in [0.717, 1.165) is 48.7 Å². The van der Waals surface area contributed by atoms with Gasteiger partial charge in [0.1, 0.15) is 11.5 Å². The molecule has 0 spiro atoms. The third-order valence-electron chi connectivity index (χ3n) is 10.7. The number of amides is 2. The minimum atomic E-state index is -0.478. The number of ether oxygens (including phenoxy) is 1. The molecule has 51 heavy (non-hydrogen) atoms. The number of likely N-dealkylation sites (tertiary alicyclic amines) is 1. The van der Waals surface area contributed by atoms with Crippen LogP contribution in [0.5, 0.6) is 5.75 Å². The molecule has 7 rings (SSSR count). The van der Waals surface area contributed by atoms with Gasteiger partial charge in [0.25, 0.3) is 5.91 Å². The van der Waals surface area contributed by atoms with Crippen LogP contribution in [0.25, 0.3) is 16.5 Å². The molecule has 4 aromatic rings. The van der Waals surface area contributed by atoms with E-state index in [9.17, 15) is 14.0 Å². The zero-order valence-electron chi connectivity index (χ0n) is 29.4. The Bertz CT molecular complexity index is 1920. The Kier molecular flexibility index (Phi) is 10.0. The molecular weight excluding hydrogens is 656 g/mol. The molecule has 14 heteroatoms. The normalized spacial score (nSPS) is 20.2. The topological polar surface area (TPSA) is 116 Å². The van der Waals surface area contributed by atoms with Gasteiger partial charge in [-0.05, 0) is 61.5 Å². The molecule has 0 bridgehead atoms. The maximum absolute atomic E-state index is 16.8. The summed E-state index contributed by atoms with van der Waals surface area (Å²) in [4.78, 5) is 42.5. The van der Waals surface area contributed by atoms with Gasteiger partial charge in [0, 0.05) is 75.4 Å². The number of pyridine rings is 1. The Morgan fingerprint density at radius 1 is 1.06 bits per heavy atom. The first-order valence-corrected chi connectivity index (χ1v) is 17.8. The van der Waals surface area contributed by atoms with Crippen molar-refractivity contribution in [2.75, 3.05) is 71.4 Å². The van der Waals surface area contributed by atoms with Gasteiger partial charge in [0.2, 0.25) is 5.91 Å². The first-order chi connectivity index (χ1) is 24.7. The Morgan fingerprint density at radius 3 is 2.63 bits per heavy atom. The second-order valence-electron chi connectivity index (χ2n) is 13.8. The van der Waals surface area contributed by atoms with Gasteiger partial charge in [-0.15, -0.1) is 5.10 Å². The number of aromatic nitrogens is 5. The SMILES string of the molecule is CCC1CN(C)CCC1c1cc(C2=CCCN(C(=O)CCn3ccnn3)C2)c(F)c2[nH]c(C(=O)N3CCN(c4ncc(F)cc4OC)CC3)cc12. The van der Waals surface area contributed by atoms with Gasteiger partial charge in [-0.2, -0.15) is 0 Å². The van der Waals surface area contributed by atoms with Crippen LogP contribution < -0.4 is 9.64 Å². The van der Waals surface area contributed by atoms with Crippen LogP contribution in [0.1, 0.15) is 60.1 Å². The minimum absolute atomic E-state index is 0.0133. The predicted octanol–water partition coefficient (Wildman–Crippen LogP) is 4.55. The monoisotopic (exact) mass is 701 g/mol. The van der Waals surface area contributed by atoms with Crippen molar-refractivity contribution in [2.24, 2.45) is 5.92 Å². The third kappa shape index (κ3) is 7.06. The van der Waals surface area contributed by atoms with Crippen LogP contribution >= 0.6 is 0 Å². The van der Waals surface area contributed by atoms with Crippen molar-refractivity contribution < 1.29 is 23.1 Å². The number of anilines is 1. The number of halogens is 2. The summed E-state index contributed by atoms with van der Waals surface area (Å²) in [5.74, 6) is 0.346. The number of aromatic amines is 1. The minimum Gasteiger partial charge on any atom is -0.493 e. The molecule has 0 saturated carbocycles. The number of H-pyrrole nitrogens is 1. The number of methoxy groups -OCH3 is 1. The number of piperidine rings is 1. The van der Waals surface area contributed by atoms with Crippen molar-refractivity contribution in [1.82, 2.24) is 39.7 Å². The summed E-state index contributed by atoms with van der Waals surface area (Å²) in [7, 11) is 3.62. The van der Waals surface area contributed by atoms with Gasteiger partial charge in [-0.1, -0.05) is 24.6 Å². The second-order valence-corrected chi connectivity index (χ2v) is 13.8. The highest BCUT2D eigenvalue weighted by molar-refractivity contribution is 6.00. The Hall–Kier alpha value is -4.85. The summed E-state index contributed by atoms with van der Waals surface area (Å²) in [6.45, 7) is 7.19. The van der Waals surface area contributed by atoms with Crippen LogP contribution in [0.15, 0.2) is 42.9 Å². The number of carbonyl (C=O) groups excluding carboxylic acids is 2. The molecule has 6 heterocycles. The lowest BCUT2D eigenvalue weighted by Crippen LogP contribution is -2.49. The van der Waals surface area contributed by atoms with Crippen LogP contribution in [0.4, 0.5) is 14.6 Å². The second kappa shape index (κ2) is 14.8. The summed E-state index contributed by atoms with van der Waals surface area (Å²) >= 11 is 0. The summed E-state index contributed by atoms with van der Waals surface area (Å²) in [6.07, 6.45) is 9.33. The number of nitrogens with one attached hydrogen (secondary N) is 1. The smallest absolute Gasteiger partial charge is 0.270 e. The maximum Gasteiger partial charge on any atom is 0.270 e. The van der Waals surface area contributed by atoms with Crippen molar-refractivity contribution in [3.05, 3.63) is 71.3 Å². The first kappa shape index (κ1) is 34.6. The summed E-state index contributed by atoms with van der Waals surface area (Å²) in [6, 6.07) is 5.13. The van der Waals surface area contributed by atoms with E-state index in [1.165, 1.54) is 13.2 Å². The van der Waals surface area contributed by atoms with Crippen LogP contribution in [0, 0.1) is 17.6 Å². The van der Waals surface area contributed by atoms with Crippen molar-refractivity contribution in [1.29, 1.82) is 0 Å². The molecule has 1 N–H and O–H groups in total. The standard InChI is InChI=1S/C37H45F2N9O3/c1-4-24-22-44(2)11-7-27(24)29-19-28(25-6-5-10-47(23-25)33(49)8-12-48-13-9-41-43-48)34(39)35-30(29)20-31(42-35)37(50)46-16-14-45(15-17-46)36-32(51-3)18-26(38)21-40-36/h6,9,13,18-21,24,27,42H,4-5,7-8,10-12,14-17,22-23H2,1-3H3. The highest BCUT2D eigenvalue weighted by Gasteiger charge is 2.33. The van der Waals surface area contributed by atoms with Crippen molar-refractivity contribution in [3.8, 4) is 5.75 Å². The molecule has 3 aliphatic rings. The molecule has 3 aromatic heterocycles. The van der Waals surface area contributed by atoms with Gasteiger partial charge < -0.3 is 29.3 Å². The largest absolute Gasteiger partial charge is 0.493 e. The number of benzene rings is 1. The summed E-state index contributed by atoms with van der Waals surface area (Å²) in [5, 5.41) is 8.51. The molecule has 1 aromatic carbocycles. The Morgan fingerprint density at radius 2 is 1.88 bits per heavy atom. The maximum atomic E-state index is 16.8. The lowest BCUT2D eigenvalue weighted by molar-refractivity contribution is -0.131. The number of hydrogen-bond donors (Lipinski definition) is 1. The molecule has 2 saturated heterocycles. The molecule has 2 amide bonds. The number of rotatable bonds is 9. The van der Waals surface area contributed by atoms with Crippen LogP contribution in [-0.4, -0.2) is 118 Å².